The largest absolute Gasteiger partial charge is 0.298 e. The predicted octanol–water partition coefficient (Wildman–Crippen LogP) is 4.89. The van der Waals surface area contributed by atoms with E-state index in [9.17, 15) is 4.79 Å². The third kappa shape index (κ3) is 3.42. The van der Waals surface area contributed by atoms with E-state index in [4.69, 9.17) is 0 Å². The van der Waals surface area contributed by atoms with E-state index in [0.29, 0.717) is 5.57 Å². The van der Waals surface area contributed by atoms with Crippen LogP contribution < -0.4 is 0 Å². The molecule has 0 aliphatic heterocycles. The average Bonchev–Trinajstić information content (AvgIpc) is 2.67. The molecule has 0 N–H and O–H groups in total. The minimum Gasteiger partial charge on any atom is -0.298 e. The summed E-state index contributed by atoms with van der Waals surface area (Å²) in [6.07, 6.45) is 0.949. The standard InChI is InChI=1S/C22H17OP/c23-16-20(17-10-4-1-5-11-17)21(18-12-6-2-7-13-18)22(24)19-14-8-3-9-15-19/h1-16,24H/p+1. The number of carbonyl (C=O) groups excluding carboxylic acids is 1. The highest BCUT2D eigenvalue weighted by molar-refractivity contribution is 7.25. The Labute approximate surface area is 144 Å². The fourth-order valence-electron chi connectivity index (χ4n) is 2.71. The zero-order valence-electron chi connectivity index (χ0n) is 13.2. The van der Waals surface area contributed by atoms with E-state index in [2.05, 4.69) is 21.0 Å². The quantitative estimate of drug-likeness (QED) is 0.282. The molecule has 2 heteroatoms. The van der Waals surface area contributed by atoms with Crippen LogP contribution >= 0.6 is 8.86 Å². The van der Waals surface area contributed by atoms with Crippen molar-refractivity contribution in [3.8, 4) is 0 Å². The van der Waals surface area contributed by atoms with E-state index in [0.717, 1.165) is 33.8 Å². The monoisotopic (exact) mass is 329 g/mol. The van der Waals surface area contributed by atoms with Crippen LogP contribution in [-0.4, -0.2) is 11.6 Å². The van der Waals surface area contributed by atoms with Gasteiger partial charge in [0.25, 0.3) is 0 Å². The van der Waals surface area contributed by atoms with Gasteiger partial charge in [-0.2, -0.15) is 0 Å². The number of hydrogen-bond acceptors (Lipinski definition) is 1. The van der Waals surface area contributed by atoms with Gasteiger partial charge in [-0.15, -0.1) is 0 Å². The van der Waals surface area contributed by atoms with E-state index >= 15 is 0 Å². The number of allylic oxidation sites excluding steroid dienone is 2. The first-order valence-electron chi connectivity index (χ1n) is 7.80. The number of rotatable bonds is 5. The first-order valence-corrected chi connectivity index (χ1v) is 8.37. The zero-order chi connectivity index (χ0) is 16.8. The molecular formula is C22H18OP+. The van der Waals surface area contributed by atoms with Crippen molar-refractivity contribution < 1.29 is 4.79 Å². The average molecular weight is 329 g/mol. The van der Waals surface area contributed by atoms with E-state index in [1.54, 1.807) is 0 Å². The molecule has 3 aromatic rings. The summed E-state index contributed by atoms with van der Waals surface area (Å²) in [6, 6.07) is 29.9. The number of carbonyl (C=O) groups is 1. The van der Waals surface area contributed by atoms with Crippen LogP contribution in [0.25, 0.3) is 11.1 Å². The molecular weight excluding hydrogens is 311 g/mol. The van der Waals surface area contributed by atoms with Crippen molar-refractivity contribution in [2.45, 2.75) is 0 Å². The van der Waals surface area contributed by atoms with Crippen LogP contribution in [0.15, 0.2) is 91.0 Å². The van der Waals surface area contributed by atoms with Gasteiger partial charge in [0.05, 0.1) is 8.86 Å². The van der Waals surface area contributed by atoms with Gasteiger partial charge in [0, 0.05) is 16.7 Å². The Kier molecular flexibility index (Phi) is 5.15. The summed E-state index contributed by atoms with van der Waals surface area (Å²) in [5.74, 6) is 0. The molecule has 3 rings (SSSR count). The zero-order valence-corrected chi connectivity index (χ0v) is 14.4. The molecule has 1 atom stereocenters. The van der Waals surface area contributed by atoms with Crippen molar-refractivity contribution in [1.82, 2.24) is 0 Å². The molecule has 0 radical (unpaired) electrons. The Hall–Kier alpha value is -2.76. The summed E-state index contributed by atoms with van der Waals surface area (Å²) >= 11 is 0. The molecule has 0 spiro atoms. The third-order valence-corrected chi connectivity index (χ3v) is 4.51. The molecule has 1 nitrogen and oxygen atoms in total. The van der Waals surface area contributed by atoms with Crippen molar-refractivity contribution in [2.24, 2.45) is 0 Å². The highest BCUT2D eigenvalue weighted by Gasteiger charge is 2.19. The summed E-state index contributed by atoms with van der Waals surface area (Å²) < 4.78 is 0. The molecule has 0 aliphatic carbocycles. The van der Waals surface area contributed by atoms with Gasteiger partial charge in [-0.3, -0.25) is 4.79 Å². The summed E-state index contributed by atoms with van der Waals surface area (Å²) in [4.78, 5) is 12.0. The second-order valence-corrected chi connectivity index (χ2v) is 6.00. The highest BCUT2D eigenvalue weighted by atomic mass is 31.0. The molecule has 24 heavy (non-hydrogen) atoms. The van der Waals surface area contributed by atoms with Gasteiger partial charge < -0.3 is 0 Å². The van der Waals surface area contributed by atoms with E-state index in [1.165, 1.54) is 0 Å². The van der Waals surface area contributed by atoms with Gasteiger partial charge >= 0.3 is 0 Å². The minimum absolute atomic E-state index is 0.690. The van der Waals surface area contributed by atoms with Crippen LogP contribution in [-0.2, 0) is 4.79 Å². The Bertz CT molecular complexity index is 866. The first kappa shape index (κ1) is 16.1. The van der Waals surface area contributed by atoms with Gasteiger partial charge in [-0.05, 0) is 11.1 Å². The maximum Gasteiger partial charge on any atom is 0.154 e. The molecule has 0 bridgehead atoms. The van der Waals surface area contributed by atoms with Crippen LogP contribution in [0, 0.1) is 0 Å². The Morgan fingerprint density at radius 1 is 0.625 bits per heavy atom. The lowest BCUT2D eigenvalue weighted by atomic mass is 9.90. The second-order valence-electron chi connectivity index (χ2n) is 5.42. The maximum absolute atomic E-state index is 12.0. The van der Waals surface area contributed by atoms with E-state index in [-0.39, 0.29) is 0 Å². The normalized spacial score (nSPS) is 11.5. The summed E-state index contributed by atoms with van der Waals surface area (Å²) in [5, 5.41) is 1.01. The molecule has 0 heterocycles. The van der Waals surface area contributed by atoms with Crippen molar-refractivity contribution >= 4 is 31.6 Å². The van der Waals surface area contributed by atoms with Gasteiger partial charge in [0.2, 0.25) is 0 Å². The Morgan fingerprint density at radius 2 is 1.04 bits per heavy atom. The summed E-state index contributed by atoms with van der Waals surface area (Å²) in [6.45, 7) is 0. The Morgan fingerprint density at radius 3 is 1.50 bits per heavy atom. The molecule has 0 saturated carbocycles. The van der Waals surface area contributed by atoms with Crippen LogP contribution in [0.1, 0.15) is 16.7 Å². The molecule has 116 valence electrons. The molecule has 0 aliphatic rings. The smallest absolute Gasteiger partial charge is 0.154 e. The van der Waals surface area contributed by atoms with Gasteiger partial charge in [-0.25, -0.2) is 0 Å². The molecule has 0 saturated heterocycles. The number of aldehydes is 1. The van der Waals surface area contributed by atoms with Crippen LogP contribution in [0.5, 0.6) is 0 Å². The van der Waals surface area contributed by atoms with Gasteiger partial charge in [0.15, 0.2) is 11.6 Å². The molecule has 0 fully saturated rings. The number of benzene rings is 3. The molecule has 1 unspecified atom stereocenters. The van der Waals surface area contributed by atoms with Crippen molar-refractivity contribution in [2.75, 3.05) is 0 Å². The lowest BCUT2D eigenvalue weighted by Crippen LogP contribution is -2.05. The van der Waals surface area contributed by atoms with Crippen LogP contribution in [0.4, 0.5) is 0 Å². The van der Waals surface area contributed by atoms with Crippen molar-refractivity contribution in [3.63, 3.8) is 0 Å². The van der Waals surface area contributed by atoms with E-state index < -0.39 is 0 Å². The van der Waals surface area contributed by atoms with Crippen LogP contribution in [0.2, 0.25) is 0 Å². The predicted molar refractivity (Wildman–Crippen MR) is 106 cm³/mol. The first-order chi connectivity index (χ1) is 11.8. The summed E-state index contributed by atoms with van der Waals surface area (Å²) in [7, 11) is 2.81. The lowest BCUT2D eigenvalue weighted by Gasteiger charge is -2.12. The molecule has 0 amide bonds. The summed E-state index contributed by atoms with van der Waals surface area (Å²) in [5.41, 5.74) is 4.65. The fourth-order valence-corrected chi connectivity index (χ4v) is 3.23. The second kappa shape index (κ2) is 7.68. The number of hydrogen-bond donors (Lipinski definition) is 0. The van der Waals surface area contributed by atoms with Crippen molar-refractivity contribution in [1.29, 1.82) is 0 Å². The maximum atomic E-state index is 12.0. The highest BCUT2D eigenvalue weighted by Crippen LogP contribution is 2.29. The minimum atomic E-state index is 0.690. The third-order valence-electron chi connectivity index (χ3n) is 3.89. The lowest BCUT2D eigenvalue weighted by molar-refractivity contribution is -0.103. The molecule has 3 aromatic carbocycles. The van der Waals surface area contributed by atoms with Crippen molar-refractivity contribution in [3.05, 3.63) is 108 Å². The van der Waals surface area contributed by atoms with Crippen LogP contribution in [0.3, 0.4) is 0 Å². The van der Waals surface area contributed by atoms with E-state index in [1.807, 2.05) is 78.9 Å². The molecule has 0 aromatic heterocycles. The topological polar surface area (TPSA) is 17.1 Å². The fraction of sp³-hybridized carbons (Fsp3) is 0. The SMILES string of the molecule is O=CC(=C(C(=[PH2+])c1ccccc1)c1ccccc1)c1ccccc1. The van der Waals surface area contributed by atoms with Gasteiger partial charge in [0.1, 0.15) is 0 Å². The van der Waals surface area contributed by atoms with Gasteiger partial charge in [-0.1, -0.05) is 91.0 Å². The Balaban J connectivity index is 2.24.